The first kappa shape index (κ1) is 16.2. The monoisotopic (exact) mass is 339 g/mol. The smallest absolute Gasteiger partial charge is 0.246 e. The van der Waals surface area contributed by atoms with Gasteiger partial charge in [-0.1, -0.05) is 17.6 Å². The fourth-order valence-corrected chi connectivity index (χ4v) is 3.18. The molecular weight excluding hydrogens is 322 g/mol. The number of aromatic nitrogens is 1. The van der Waals surface area contributed by atoms with Gasteiger partial charge in [-0.2, -0.15) is 0 Å². The van der Waals surface area contributed by atoms with Crippen LogP contribution in [0.4, 0.5) is 11.5 Å². The van der Waals surface area contributed by atoms with Gasteiger partial charge in [-0.15, -0.1) is 11.3 Å². The van der Waals surface area contributed by atoms with Crippen LogP contribution in [0, 0.1) is 11.8 Å². The van der Waals surface area contributed by atoms with Crippen LogP contribution in [0.2, 0.25) is 0 Å². The molecular formula is C18H17N3O2S. The van der Waals surface area contributed by atoms with Gasteiger partial charge < -0.3 is 4.90 Å². The third kappa shape index (κ3) is 3.82. The Balaban J connectivity index is 1.60. The molecule has 0 atom stereocenters. The minimum Gasteiger partial charge on any atom is -0.354 e. The molecule has 1 saturated heterocycles. The van der Waals surface area contributed by atoms with Gasteiger partial charge in [0, 0.05) is 19.3 Å². The molecule has 2 aromatic heterocycles. The summed E-state index contributed by atoms with van der Waals surface area (Å²) in [7, 11) is 0. The number of hydrogen-bond acceptors (Lipinski definition) is 6. The molecule has 0 aromatic carbocycles. The third-order valence-electron chi connectivity index (χ3n) is 3.82. The molecule has 1 aliphatic heterocycles. The van der Waals surface area contributed by atoms with Gasteiger partial charge in [-0.25, -0.2) is 4.98 Å². The average molecular weight is 339 g/mol. The van der Waals surface area contributed by atoms with E-state index in [4.69, 9.17) is 0 Å². The van der Waals surface area contributed by atoms with Gasteiger partial charge in [-0.3, -0.25) is 15.5 Å². The predicted octanol–water partition coefficient (Wildman–Crippen LogP) is 3.36. The van der Waals surface area contributed by atoms with Gasteiger partial charge in [0.25, 0.3) is 0 Å². The summed E-state index contributed by atoms with van der Waals surface area (Å²) in [5.41, 5.74) is 4.02. The molecule has 2 aromatic rings. The van der Waals surface area contributed by atoms with E-state index in [0.717, 1.165) is 31.7 Å². The lowest BCUT2D eigenvalue weighted by atomic mass is 10.0. The summed E-state index contributed by atoms with van der Waals surface area (Å²) in [4.78, 5) is 18.9. The maximum atomic E-state index is 11.8. The molecule has 0 unspecified atom stereocenters. The Morgan fingerprint density at radius 3 is 2.88 bits per heavy atom. The van der Waals surface area contributed by atoms with E-state index in [9.17, 15) is 10.0 Å². The number of nitrogens with zero attached hydrogens (tertiary/aromatic N) is 2. The second-order valence-electron chi connectivity index (χ2n) is 5.35. The van der Waals surface area contributed by atoms with Crippen molar-refractivity contribution in [2.24, 2.45) is 0 Å². The molecule has 5 nitrogen and oxygen atoms in total. The van der Waals surface area contributed by atoms with E-state index in [1.165, 1.54) is 16.9 Å². The zero-order valence-electron chi connectivity index (χ0n) is 13.0. The van der Waals surface area contributed by atoms with Crippen LogP contribution in [0.3, 0.4) is 0 Å². The standard InChI is InChI=1S/C18H17N3O2S/c22-16(17-7-3-13-24-17)6-1-4-14-8-11-21(12-9-14)18-15(20-23)5-2-10-19-18/h2-5,7,10,13,20,23H,8-9,11-12H2. The lowest BCUT2D eigenvalue weighted by molar-refractivity contribution is 0.106. The van der Waals surface area contributed by atoms with Crippen LogP contribution in [0.15, 0.2) is 47.5 Å². The number of ketones is 1. The van der Waals surface area contributed by atoms with E-state index < -0.39 is 0 Å². The lowest BCUT2D eigenvalue weighted by Gasteiger charge is -2.30. The van der Waals surface area contributed by atoms with Crippen molar-refractivity contribution in [3.05, 3.63) is 52.4 Å². The van der Waals surface area contributed by atoms with E-state index in [-0.39, 0.29) is 5.78 Å². The Labute approximate surface area is 144 Å². The Morgan fingerprint density at radius 1 is 1.33 bits per heavy atom. The molecule has 0 spiro atoms. The Morgan fingerprint density at radius 2 is 2.17 bits per heavy atom. The highest BCUT2D eigenvalue weighted by Gasteiger charge is 2.17. The summed E-state index contributed by atoms with van der Waals surface area (Å²) in [6.45, 7) is 1.61. The molecule has 3 rings (SSSR count). The normalized spacial score (nSPS) is 13.9. The Kier molecular flexibility index (Phi) is 5.26. The number of hydrogen-bond donors (Lipinski definition) is 2. The second kappa shape index (κ2) is 7.77. The van der Waals surface area contributed by atoms with Crippen molar-refractivity contribution in [1.82, 2.24) is 4.98 Å². The van der Waals surface area contributed by atoms with Crippen molar-refractivity contribution in [1.29, 1.82) is 0 Å². The summed E-state index contributed by atoms with van der Waals surface area (Å²) in [5, 5.41) is 11.0. The van der Waals surface area contributed by atoms with Crippen LogP contribution in [0.25, 0.3) is 0 Å². The minimum absolute atomic E-state index is 0.133. The zero-order chi connectivity index (χ0) is 16.8. The minimum atomic E-state index is -0.133. The van der Waals surface area contributed by atoms with Crippen LogP contribution in [-0.2, 0) is 0 Å². The summed E-state index contributed by atoms with van der Waals surface area (Å²) in [6, 6.07) is 7.20. The number of thiophene rings is 1. The second-order valence-corrected chi connectivity index (χ2v) is 6.30. The summed E-state index contributed by atoms with van der Waals surface area (Å²) < 4.78 is 0. The van der Waals surface area contributed by atoms with Gasteiger partial charge in [-0.05, 0) is 48.4 Å². The average Bonchev–Trinajstić information content (AvgIpc) is 3.17. The summed E-state index contributed by atoms with van der Waals surface area (Å²) in [5.74, 6) is 6.16. The van der Waals surface area contributed by atoms with E-state index in [1.54, 1.807) is 24.4 Å². The molecule has 0 amide bonds. The lowest BCUT2D eigenvalue weighted by Crippen LogP contribution is -2.31. The quantitative estimate of drug-likeness (QED) is 0.388. The van der Waals surface area contributed by atoms with Crippen LogP contribution < -0.4 is 10.4 Å². The molecule has 3 heterocycles. The molecule has 0 bridgehead atoms. The number of anilines is 2. The molecule has 0 saturated carbocycles. The van der Waals surface area contributed by atoms with Crippen LogP contribution in [-0.4, -0.2) is 29.1 Å². The molecule has 1 fully saturated rings. The fourth-order valence-electron chi connectivity index (χ4n) is 2.56. The first-order valence-corrected chi connectivity index (χ1v) is 8.53. The SMILES string of the molecule is O=C(C#CC=C1CCN(c2ncccc2NO)CC1)c1cccs1. The van der Waals surface area contributed by atoms with Gasteiger partial charge in [0.15, 0.2) is 5.82 Å². The molecule has 24 heavy (non-hydrogen) atoms. The molecule has 2 N–H and O–H groups in total. The van der Waals surface area contributed by atoms with Gasteiger partial charge >= 0.3 is 0 Å². The van der Waals surface area contributed by atoms with E-state index in [1.807, 2.05) is 17.5 Å². The molecule has 0 radical (unpaired) electrons. The van der Waals surface area contributed by atoms with Crippen molar-refractivity contribution >= 4 is 28.6 Å². The highest BCUT2D eigenvalue weighted by molar-refractivity contribution is 7.12. The molecule has 0 aliphatic carbocycles. The highest BCUT2D eigenvalue weighted by atomic mass is 32.1. The molecule has 122 valence electrons. The van der Waals surface area contributed by atoms with Gasteiger partial charge in [0.2, 0.25) is 5.78 Å². The van der Waals surface area contributed by atoms with Gasteiger partial charge in [0.1, 0.15) is 5.69 Å². The van der Waals surface area contributed by atoms with E-state index in [2.05, 4.69) is 27.2 Å². The third-order valence-corrected chi connectivity index (χ3v) is 4.69. The van der Waals surface area contributed by atoms with Crippen molar-refractivity contribution in [3.63, 3.8) is 0 Å². The number of carbonyl (C=O) groups is 1. The van der Waals surface area contributed by atoms with Crippen molar-refractivity contribution in [2.45, 2.75) is 12.8 Å². The van der Waals surface area contributed by atoms with E-state index in [0.29, 0.717) is 10.6 Å². The molecule has 1 aliphatic rings. The maximum Gasteiger partial charge on any atom is 0.246 e. The fraction of sp³-hybridized carbons (Fsp3) is 0.222. The Hall–Kier alpha value is -2.62. The van der Waals surface area contributed by atoms with Crippen LogP contribution in [0.5, 0.6) is 0 Å². The highest BCUT2D eigenvalue weighted by Crippen LogP contribution is 2.26. The topological polar surface area (TPSA) is 65.5 Å². The van der Waals surface area contributed by atoms with Crippen molar-refractivity contribution < 1.29 is 10.0 Å². The number of nitrogens with one attached hydrogen (secondary N) is 1. The zero-order valence-corrected chi connectivity index (χ0v) is 13.8. The number of piperidine rings is 1. The van der Waals surface area contributed by atoms with Crippen molar-refractivity contribution in [2.75, 3.05) is 23.5 Å². The van der Waals surface area contributed by atoms with Crippen LogP contribution >= 0.6 is 11.3 Å². The summed E-state index contributed by atoms with van der Waals surface area (Å²) in [6.07, 6.45) is 5.29. The number of carbonyl (C=O) groups excluding carboxylic acids is 1. The number of allylic oxidation sites excluding steroid dienone is 1. The Bertz CT molecular complexity index is 793. The number of pyridine rings is 1. The van der Waals surface area contributed by atoms with Gasteiger partial charge in [0.05, 0.1) is 4.88 Å². The van der Waals surface area contributed by atoms with E-state index >= 15 is 0 Å². The molecule has 6 heteroatoms. The van der Waals surface area contributed by atoms with Crippen LogP contribution in [0.1, 0.15) is 22.5 Å². The maximum absolute atomic E-state index is 11.8. The first-order chi connectivity index (χ1) is 11.8. The van der Waals surface area contributed by atoms with Crippen molar-refractivity contribution in [3.8, 4) is 11.8 Å². The largest absolute Gasteiger partial charge is 0.354 e. The number of rotatable bonds is 3. The summed E-state index contributed by atoms with van der Waals surface area (Å²) >= 11 is 1.41. The number of Topliss-reactive ketones (excluding diaryl/α,β-unsaturated/α-hetero) is 1. The predicted molar refractivity (Wildman–Crippen MR) is 95.6 cm³/mol. The first-order valence-electron chi connectivity index (χ1n) is 7.65.